The fraction of sp³-hybridized carbons (Fsp3) is 0.588. The number of rotatable bonds is 2. The Kier molecular flexibility index (Phi) is 3.34. The minimum absolute atomic E-state index is 0.0606. The summed E-state index contributed by atoms with van der Waals surface area (Å²) in [7, 11) is 0. The standard InChI is InChI=1S/C17H23N3O/c21-17-16-5-4-10-20(16)15-7-6-13(11-14(15)18-17)12-19-8-2-1-3-9-19/h6-7,11,16H,1-5,8-10,12H2,(H,18,21). The van der Waals surface area contributed by atoms with Gasteiger partial charge in [0.15, 0.2) is 0 Å². The Balaban J connectivity index is 1.56. The lowest BCUT2D eigenvalue weighted by Crippen LogP contribution is -2.43. The summed E-state index contributed by atoms with van der Waals surface area (Å²) in [5.74, 6) is 0.176. The fourth-order valence-corrected chi connectivity index (χ4v) is 3.95. The van der Waals surface area contributed by atoms with Crippen LogP contribution in [0.5, 0.6) is 0 Å². The van der Waals surface area contributed by atoms with Gasteiger partial charge in [-0.25, -0.2) is 0 Å². The van der Waals surface area contributed by atoms with Gasteiger partial charge in [-0.3, -0.25) is 9.69 Å². The summed E-state index contributed by atoms with van der Waals surface area (Å²) in [6, 6.07) is 6.67. The molecule has 1 unspecified atom stereocenters. The molecule has 4 heteroatoms. The van der Waals surface area contributed by atoms with Gasteiger partial charge in [0.2, 0.25) is 5.91 Å². The molecule has 0 spiro atoms. The summed E-state index contributed by atoms with van der Waals surface area (Å²) in [4.78, 5) is 17.0. The van der Waals surface area contributed by atoms with Crippen molar-refractivity contribution in [2.75, 3.05) is 29.9 Å². The average Bonchev–Trinajstić information content (AvgIpc) is 2.98. The number of benzene rings is 1. The van der Waals surface area contributed by atoms with E-state index in [2.05, 4.69) is 33.3 Å². The number of carbonyl (C=O) groups is 1. The quantitative estimate of drug-likeness (QED) is 0.907. The predicted molar refractivity (Wildman–Crippen MR) is 84.6 cm³/mol. The topological polar surface area (TPSA) is 35.6 Å². The molecule has 0 radical (unpaired) electrons. The van der Waals surface area contributed by atoms with E-state index in [0.717, 1.165) is 31.6 Å². The second-order valence-corrected chi connectivity index (χ2v) is 6.53. The Bertz CT molecular complexity index is 551. The molecule has 21 heavy (non-hydrogen) atoms. The highest BCUT2D eigenvalue weighted by Crippen LogP contribution is 2.37. The number of piperidine rings is 1. The maximum absolute atomic E-state index is 12.2. The number of likely N-dealkylation sites (tertiary alicyclic amines) is 1. The largest absolute Gasteiger partial charge is 0.358 e. The van der Waals surface area contributed by atoms with E-state index >= 15 is 0 Å². The average molecular weight is 285 g/mol. The summed E-state index contributed by atoms with van der Waals surface area (Å²) in [6.45, 7) is 4.43. The highest BCUT2D eigenvalue weighted by atomic mass is 16.2. The van der Waals surface area contributed by atoms with Crippen LogP contribution < -0.4 is 10.2 Å². The molecule has 3 aliphatic rings. The number of anilines is 2. The minimum atomic E-state index is 0.0606. The molecule has 4 nitrogen and oxygen atoms in total. The van der Waals surface area contributed by atoms with Crippen molar-refractivity contribution >= 4 is 17.3 Å². The molecule has 0 bridgehead atoms. The van der Waals surface area contributed by atoms with Crippen molar-refractivity contribution in [1.82, 2.24) is 4.90 Å². The molecular formula is C17H23N3O. The first kappa shape index (κ1) is 13.1. The zero-order valence-electron chi connectivity index (χ0n) is 12.5. The third-order valence-electron chi connectivity index (χ3n) is 5.04. The van der Waals surface area contributed by atoms with Crippen molar-refractivity contribution in [2.24, 2.45) is 0 Å². The summed E-state index contributed by atoms with van der Waals surface area (Å²) in [6.07, 6.45) is 6.11. The summed E-state index contributed by atoms with van der Waals surface area (Å²) in [5, 5.41) is 3.11. The lowest BCUT2D eigenvalue weighted by atomic mass is 10.1. The molecule has 0 aromatic heterocycles. The number of hydrogen-bond donors (Lipinski definition) is 1. The summed E-state index contributed by atoms with van der Waals surface area (Å²) < 4.78 is 0. The number of hydrogen-bond acceptors (Lipinski definition) is 3. The van der Waals surface area contributed by atoms with E-state index in [4.69, 9.17) is 0 Å². The lowest BCUT2D eigenvalue weighted by Gasteiger charge is -2.33. The maximum atomic E-state index is 12.2. The molecule has 1 atom stereocenters. The molecular weight excluding hydrogens is 262 g/mol. The zero-order valence-corrected chi connectivity index (χ0v) is 12.5. The highest BCUT2D eigenvalue weighted by Gasteiger charge is 2.36. The Labute approximate surface area is 126 Å². The van der Waals surface area contributed by atoms with Crippen LogP contribution in [0.4, 0.5) is 11.4 Å². The molecule has 3 aliphatic heterocycles. The van der Waals surface area contributed by atoms with Gasteiger partial charge in [0.1, 0.15) is 6.04 Å². The van der Waals surface area contributed by atoms with E-state index in [1.165, 1.54) is 43.6 Å². The van der Waals surface area contributed by atoms with Gasteiger partial charge >= 0.3 is 0 Å². The Morgan fingerprint density at radius 1 is 1.10 bits per heavy atom. The zero-order chi connectivity index (χ0) is 14.2. The molecule has 4 rings (SSSR count). The van der Waals surface area contributed by atoms with Crippen LogP contribution in [0, 0.1) is 0 Å². The van der Waals surface area contributed by atoms with Crippen LogP contribution in [0.3, 0.4) is 0 Å². The molecule has 1 aromatic carbocycles. The van der Waals surface area contributed by atoms with Gasteiger partial charge in [-0.2, -0.15) is 0 Å². The van der Waals surface area contributed by atoms with Crippen molar-refractivity contribution in [1.29, 1.82) is 0 Å². The predicted octanol–water partition coefficient (Wildman–Crippen LogP) is 2.59. The maximum Gasteiger partial charge on any atom is 0.247 e. The van der Waals surface area contributed by atoms with E-state index in [1.54, 1.807) is 0 Å². The molecule has 2 saturated heterocycles. The van der Waals surface area contributed by atoms with Crippen molar-refractivity contribution in [2.45, 2.75) is 44.7 Å². The summed E-state index contributed by atoms with van der Waals surface area (Å²) >= 11 is 0. The summed E-state index contributed by atoms with van der Waals surface area (Å²) in [5.41, 5.74) is 3.53. The van der Waals surface area contributed by atoms with E-state index in [1.807, 2.05) is 0 Å². The fourth-order valence-electron chi connectivity index (χ4n) is 3.95. The van der Waals surface area contributed by atoms with Crippen LogP contribution in [0.25, 0.3) is 0 Å². The van der Waals surface area contributed by atoms with E-state index in [-0.39, 0.29) is 11.9 Å². The number of nitrogens with zero attached hydrogens (tertiary/aromatic N) is 2. The van der Waals surface area contributed by atoms with Crippen molar-refractivity contribution in [3.63, 3.8) is 0 Å². The first-order valence-corrected chi connectivity index (χ1v) is 8.24. The first-order valence-electron chi connectivity index (χ1n) is 8.24. The Hall–Kier alpha value is -1.55. The van der Waals surface area contributed by atoms with Crippen molar-refractivity contribution in [3.05, 3.63) is 23.8 Å². The Morgan fingerprint density at radius 3 is 2.81 bits per heavy atom. The SMILES string of the molecule is O=C1Nc2cc(CN3CCCCC3)ccc2N2CCCC12. The van der Waals surface area contributed by atoms with Crippen LogP contribution in [0.15, 0.2) is 18.2 Å². The molecule has 0 saturated carbocycles. The Morgan fingerprint density at radius 2 is 1.95 bits per heavy atom. The van der Waals surface area contributed by atoms with E-state index < -0.39 is 0 Å². The second kappa shape index (κ2) is 5.34. The van der Waals surface area contributed by atoms with Gasteiger partial charge in [-0.05, 0) is 56.5 Å². The van der Waals surface area contributed by atoms with Gasteiger partial charge in [0, 0.05) is 13.1 Å². The first-order chi connectivity index (χ1) is 10.3. The van der Waals surface area contributed by atoms with Gasteiger partial charge in [-0.15, -0.1) is 0 Å². The number of carbonyl (C=O) groups excluding carboxylic acids is 1. The molecule has 1 amide bonds. The van der Waals surface area contributed by atoms with Crippen LogP contribution in [0.1, 0.15) is 37.7 Å². The normalized spacial score (nSPS) is 25.4. The van der Waals surface area contributed by atoms with Gasteiger partial charge < -0.3 is 10.2 Å². The molecule has 3 heterocycles. The second-order valence-electron chi connectivity index (χ2n) is 6.53. The van der Waals surface area contributed by atoms with Gasteiger partial charge in [0.05, 0.1) is 11.4 Å². The number of fused-ring (bicyclic) bond motifs is 3. The monoisotopic (exact) mass is 285 g/mol. The van der Waals surface area contributed by atoms with Gasteiger partial charge in [0.25, 0.3) is 0 Å². The van der Waals surface area contributed by atoms with E-state index in [9.17, 15) is 4.79 Å². The van der Waals surface area contributed by atoms with Crippen molar-refractivity contribution < 1.29 is 4.79 Å². The molecule has 112 valence electrons. The van der Waals surface area contributed by atoms with Crippen LogP contribution in [0.2, 0.25) is 0 Å². The third-order valence-corrected chi connectivity index (χ3v) is 5.04. The van der Waals surface area contributed by atoms with Crippen LogP contribution in [-0.4, -0.2) is 36.5 Å². The highest BCUT2D eigenvalue weighted by molar-refractivity contribution is 6.04. The van der Waals surface area contributed by atoms with Gasteiger partial charge in [-0.1, -0.05) is 12.5 Å². The minimum Gasteiger partial charge on any atom is -0.358 e. The molecule has 0 aliphatic carbocycles. The molecule has 2 fully saturated rings. The van der Waals surface area contributed by atoms with Crippen LogP contribution >= 0.6 is 0 Å². The van der Waals surface area contributed by atoms with Crippen molar-refractivity contribution in [3.8, 4) is 0 Å². The smallest absolute Gasteiger partial charge is 0.247 e. The molecule has 1 N–H and O–H groups in total. The van der Waals surface area contributed by atoms with E-state index in [0.29, 0.717) is 0 Å². The molecule has 1 aromatic rings. The number of nitrogens with one attached hydrogen (secondary N) is 1. The number of amides is 1. The lowest BCUT2D eigenvalue weighted by molar-refractivity contribution is -0.117. The van der Waals surface area contributed by atoms with Crippen LogP contribution in [-0.2, 0) is 11.3 Å². The third kappa shape index (κ3) is 2.42.